The van der Waals surface area contributed by atoms with Gasteiger partial charge in [-0.15, -0.1) is 6.58 Å². The number of hydrogen-bond acceptors (Lipinski definition) is 5. The van der Waals surface area contributed by atoms with Crippen LogP contribution in [0.1, 0.15) is 29.5 Å². The summed E-state index contributed by atoms with van der Waals surface area (Å²) in [6.45, 7) is 4.79. The number of benzene rings is 2. The summed E-state index contributed by atoms with van der Waals surface area (Å²) in [5.41, 5.74) is 3.07. The molecule has 5 heteroatoms. The van der Waals surface area contributed by atoms with Crippen LogP contribution in [-0.2, 0) is 24.0 Å². The summed E-state index contributed by atoms with van der Waals surface area (Å²) in [6.07, 6.45) is 5.77. The molecule has 0 aromatic heterocycles. The van der Waals surface area contributed by atoms with Crippen LogP contribution in [0.5, 0.6) is 23.0 Å². The van der Waals surface area contributed by atoms with Crippen molar-refractivity contribution >= 4 is 0 Å². The Balaban J connectivity index is 2.29. The van der Waals surface area contributed by atoms with Crippen LogP contribution in [-0.4, -0.2) is 39.6 Å². The maximum Gasteiger partial charge on any atom is 0.207 e. The molecule has 0 bridgehead atoms. The third-order valence-electron chi connectivity index (χ3n) is 4.85. The minimum atomic E-state index is 0.125. The minimum absolute atomic E-state index is 0.125. The van der Waals surface area contributed by atoms with Gasteiger partial charge in [0.15, 0.2) is 11.5 Å². The molecule has 0 saturated heterocycles. The molecular weight excluding hydrogens is 368 g/mol. The summed E-state index contributed by atoms with van der Waals surface area (Å²) in [5.74, 6) is 1.47. The molecule has 0 fully saturated rings. The van der Waals surface area contributed by atoms with Gasteiger partial charge in [0.25, 0.3) is 0 Å². The molecular formula is C24H32O5. The van der Waals surface area contributed by atoms with Gasteiger partial charge in [0.2, 0.25) is 11.5 Å². The maximum atomic E-state index is 10.9. The highest BCUT2D eigenvalue weighted by atomic mass is 16.5. The Morgan fingerprint density at radius 1 is 0.828 bits per heavy atom. The Labute approximate surface area is 173 Å². The summed E-state index contributed by atoms with van der Waals surface area (Å²) >= 11 is 0. The molecule has 0 saturated carbocycles. The van der Waals surface area contributed by atoms with E-state index in [1.165, 1.54) is 12.7 Å². The number of methoxy groups -OCH3 is 3. The Kier molecular flexibility index (Phi) is 9.38. The van der Waals surface area contributed by atoms with Gasteiger partial charge < -0.3 is 24.1 Å². The third-order valence-corrected chi connectivity index (χ3v) is 4.85. The van der Waals surface area contributed by atoms with Crippen molar-refractivity contribution in [2.24, 2.45) is 0 Å². The van der Waals surface area contributed by atoms with Crippen molar-refractivity contribution in [3.8, 4) is 23.0 Å². The quantitative estimate of drug-likeness (QED) is 0.389. The number of ether oxygens (including phenoxy) is 4. The highest BCUT2D eigenvalue weighted by Gasteiger charge is 2.25. The third kappa shape index (κ3) is 5.91. The van der Waals surface area contributed by atoms with Crippen LogP contribution in [0.4, 0.5) is 0 Å². The molecule has 2 aromatic rings. The SMILES string of the molecule is C=CCOCCCc1c(CCCc2ccccc2)c(O)c(OC)c(OC)c1OC. The van der Waals surface area contributed by atoms with Crippen molar-refractivity contribution in [2.45, 2.75) is 32.1 Å². The lowest BCUT2D eigenvalue weighted by Gasteiger charge is -2.21. The van der Waals surface area contributed by atoms with Gasteiger partial charge >= 0.3 is 0 Å². The van der Waals surface area contributed by atoms with Gasteiger partial charge in [0.05, 0.1) is 27.9 Å². The van der Waals surface area contributed by atoms with Gasteiger partial charge in [0.1, 0.15) is 0 Å². The van der Waals surface area contributed by atoms with Crippen LogP contribution in [0, 0.1) is 0 Å². The van der Waals surface area contributed by atoms with E-state index >= 15 is 0 Å². The van der Waals surface area contributed by atoms with Crippen molar-refractivity contribution < 1.29 is 24.1 Å². The minimum Gasteiger partial charge on any atom is -0.504 e. The van der Waals surface area contributed by atoms with E-state index in [0.717, 1.165) is 30.4 Å². The monoisotopic (exact) mass is 400 g/mol. The number of aryl methyl sites for hydroxylation is 1. The predicted octanol–water partition coefficient (Wildman–Crippen LogP) is 4.73. The van der Waals surface area contributed by atoms with E-state index in [-0.39, 0.29) is 5.75 Å². The van der Waals surface area contributed by atoms with Gasteiger partial charge in [-0.2, -0.15) is 0 Å². The predicted molar refractivity (Wildman–Crippen MR) is 116 cm³/mol. The Bertz CT molecular complexity index is 771. The molecule has 0 aliphatic carbocycles. The first-order chi connectivity index (χ1) is 14.2. The van der Waals surface area contributed by atoms with Crippen LogP contribution in [0.2, 0.25) is 0 Å². The number of rotatable bonds is 13. The number of phenols is 1. The van der Waals surface area contributed by atoms with Gasteiger partial charge in [-0.3, -0.25) is 0 Å². The molecule has 0 unspecified atom stereocenters. The van der Waals surface area contributed by atoms with E-state index in [9.17, 15) is 5.11 Å². The number of phenolic OH excluding ortho intramolecular Hbond substituents is 1. The zero-order valence-corrected chi connectivity index (χ0v) is 17.7. The average molecular weight is 401 g/mol. The molecule has 5 nitrogen and oxygen atoms in total. The molecule has 0 atom stereocenters. The van der Waals surface area contributed by atoms with Crippen LogP contribution < -0.4 is 14.2 Å². The second-order valence-corrected chi connectivity index (χ2v) is 6.71. The average Bonchev–Trinajstić information content (AvgIpc) is 2.75. The molecule has 0 heterocycles. The fourth-order valence-electron chi connectivity index (χ4n) is 3.52. The Morgan fingerprint density at radius 3 is 2.10 bits per heavy atom. The Hall–Kier alpha value is -2.66. The summed E-state index contributed by atoms with van der Waals surface area (Å²) in [4.78, 5) is 0. The molecule has 2 rings (SSSR count). The van der Waals surface area contributed by atoms with Crippen LogP contribution in [0.15, 0.2) is 43.0 Å². The topological polar surface area (TPSA) is 57.2 Å². The van der Waals surface area contributed by atoms with E-state index in [1.807, 2.05) is 18.2 Å². The molecule has 0 aliphatic heterocycles. The molecule has 0 spiro atoms. The molecule has 0 amide bonds. The fraction of sp³-hybridized carbons (Fsp3) is 0.417. The highest BCUT2D eigenvalue weighted by Crippen LogP contribution is 2.49. The van der Waals surface area contributed by atoms with E-state index in [1.54, 1.807) is 20.3 Å². The smallest absolute Gasteiger partial charge is 0.207 e. The van der Waals surface area contributed by atoms with Gasteiger partial charge in [-0.1, -0.05) is 36.4 Å². The zero-order valence-electron chi connectivity index (χ0n) is 17.7. The van der Waals surface area contributed by atoms with Crippen LogP contribution in [0.25, 0.3) is 0 Å². The number of aromatic hydroxyl groups is 1. The lowest BCUT2D eigenvalue weighted by molar-refractivity contribution is 0.159. The summed E-state index contributed by atoms with van der Waals surface area (Å²) in [5, 5.41) is 10.9. The molecule has 29 heavy (non-hydrogen) atoms. The van der Waals surface area contributed by atoms with Crippen LogP contribution in [0.3, 0.4) is 0 Å². The summed E-state index contributed by atoms with van der Waals surface area (Å²) in [7, 11) is 4.68. The molecule has 0 radical (unpaired) electrons. The normalized spacial score (nSPS) is 10.6. The second-order valence-electron chi connectivity index (χ2n) is 6.71. The van der Waals surface area contributed by atoms with Crippen molar-refractivity contribution in [3.05, 3.63) is 59.7 Å². The first-order valence-corrected chi connectivity index (χ1v) is 9.93. The van der Waals surface area contributed by atoms with Crippen molar-refractivity contribution in [3.63, 3.8) is 0 Å². The van der Waals surface area contributed by atoms with Crippen molar-refractivity contribution in [1.82, 2.24) is 0 Å². The van der Waals surface area contributed by atoms with Crippen molar-refractivity contribution in [2.75, 3.05) is 34.5 Å². The van der Waals surface area contributed by atoms with Crippen molar-refractivity contribution in [1.29, 1.82) is 0 Å². The zero-order chi connectivity index (χ0) is 21.1. The van der Waals surface area contributed by atoms with E-state index in [2.05, 4.69) is 18.7 Å². The molecule has 158 valence electrons. The van der Waals surface area contributed by atoms with Gasteiger partial charge in [0, 0.05) is 17.7 Å². The fourth-order valence-corrected chi connectivity index (χ4v) is 3.52. The maximum absolute atomic E-state index is 10.9. The number of hydrogen-bond donors (Lipinski definition) is 1. The lowest BCUT2D eigenvalue weighted by atomic mass is 9.94. The molecule has 2 aromatic carbocycles. The lowest BCUT2D eigenvalue weighted by Crippen LogP contribution is -2.06. The van der Waals surface area contributed by atoms with Crippen LogP contribution >= 0.6 is 0 Å². The summed E-state index contributed by atoms with van der Waals surface area (Å²) in [6, 6.07) is 10.3. The summed E-state index contributed by atoms with van der Waals surface area (Å²) < 4.78 is 22.1. The standard InChI is InChI=1S/C24H32O5/c1-5-16-29-17-10-15-20-19(14-9-13-18-11-7-6-8-12-18)21(25)23(27-3)24(28-4)22(20)26-2/h5-8,11-12,25H,1,9-10,13-17H2,2-4H3. The molecule has 1 N–H and O–H groups in total. The highest BCUT2D eigenvalue weighted by molar-refractivity contribution is 5.66. The molecule has 0 aliphatic rings. The second kappa shape index (κ2) is 12.0. The largest absolute Gasteiger partial charge is 0.504 e. The van der Waals surface area contributed by atoms with Gasteiger partial charge in [-0.25, -0.2) is 0 Å². The van der Waals surface area contributed by atoms with E-state index < -0.39 is 0 Å². The Morgan fingerprint density at radius 2 is 1.48 bits per heavy atom. The first-order valence-electron chi connectivity index (χ1n) is 9.93. The first kappa shape index (κ1) is 22.6. The van der Waals surface area contributed by atoms with E-state index in [4.69, 9.17) is 18.9 Å². The van der Waals surface area contributed by atoms with Gasteiger partial charge in [-0.05, 0) is 37.7 Å². The van der Waals surface area contributed by atoms with E-state index in [0.29, 0.717) is 43.3 Å².